The van der Waals surface area contributed by atoms with Crippen LogP contribution in [0.15, 0.2) is 56.5 Å². The highest BCUT2D eigenvalue weighted by molar-refractivity contribution is 9.10. The maximum absolute atomic E-state index is 12.9. The highest BCUT2D eigenvalue weighted by atomic mass is 79.9. The van der Waals surface area contributed by atoms with E-state index in [1.54, 1.807) is 24.3 Å². The number of nitrogens with one attached hydrogen (secondary N) is 2. The molecule has 0 fully saturated rings. The molecule has 2 heterocycles. The topological polar surface area (TPSA) is 97.1 Å². The molecule has 0 aliphatic rings. The fourth-order valence-electron chi connectivity index (χ4n) is 2.31. The Hall–Kier alpha value is -2.86. The fraction of sp³-hybridized carbons (Fsp3) is 0.158. The molecule has 0 radical (unpaired) electrons. The highest BCUT2D eigenvalue weighted by Gasteiger charge is 2.33. The number of nitrogens with zero attached hydrogens (tertiary/aromatic N) is 2. The van der Waals surface area contributed by atoms with E-state index in [1.807, 2.05) is 0 Å². The molecule has 0 atom stereocenters. The zero-order valence-corrected chi connectivity index (χ0v) is 18.2. The average Bonchev–Trinajstić information content (AvgIpc) is 3.19. The molecule has 0 saturated heterocycles. The molecular formula is C19H14BrF3N4O3S. The number of halogens is 4. The Morgan fingerprint density at radius 2 is 1.74 bits per heavy atom. The normalized spacial score (nSPS) is 11.3. The van der Waals surface area contributed by atoms with Gasteiger partial charge in [0, 0.05) is 15.7 Å². The quantitative estimate of drug-likeness (QED) is 0.295. The van der Waals surface area contributed by atoms with Gasteiger partial charge in [-0.3, -0.25) is 20.4 Å². The average molecular weight is 515 g/mol. The Balaban J connectivity index is 1.56. The smallest absolute Gasteiger partial charge is 0.433 e. The zero-order valence-electron chi connectivity index (χ0n) is 15.8. The van der Waals surface area contributed by atoms with Crippen molar-refractivity contribution in [2.75, 3.05) is 0 Å². The summed E-state index contributed by atoms with van der Waals surface area (Å²) in [5, 5.41) is -0.0588. The van der Waals surface area contributed by atoms with Gasteiger partial charge in [0.05, 0.1) is 5.75 Å². The lowest BCUT2D eigenvalue weighted by Crippen LogP contribution is -2.41. The van der Waals surface area contributed by atoms with Crippen LogP contribution in [0.5, 0.6) is 0 Å². The van der Waals surface area contributed by atoms with Crippen LogP contribution in [0.3, 0.4) is 0 Å². The van der Waals surface area contributed by atoms with Crippen LogP contribution in [-0.2, 0) is 11.9 Å². The van der Waals surface area contributed by atoms with Crippen molar-refractivity contribution in [2.24, 2.45) is 0 Å². The Bertz CT molecular complexity index is 1100. The van der Waals surface area contributed by atoms with Gasteiger partial charge >= 0.3 is 12.1 Å². The first-order chi connectivity index (χ1) is 14.6. The van der Waals surface area contributed by atoms with Crippen LogP contribution in [0, 0.1) is 6.92 Å². The van der Waals surface area contributed by atoms with E-state index in [4.69, 9.17) is 4.42 Å². The third kappa shape index (κ3) is 6.31. The van der Waals surface area contributed by atoms with Gasteiger partial charge in [0.15, 0.2) is 10.9 Å². The summed E-state index contributed by atoms with van der Waals surface area (Å²) in [5.74, 6) is -0.840. The number of furan rings is 1. The summed E-state index contributed by atoms with van der Waals surface area (Å²) in [7, 11) is 0. The van der Waals surface area contributed by atoms with Gasteiger partial charge in [-0.25, -0.2) is 9.97 Å². The van der Waals surface area contributed by atoms with Crippen LogP contribution >= 0.6 is 27.7 Å². The van der Waals surface area contributed by atoms with Gasteiger partial charge in [-0.05, 0) is 49.4 Å². The SMILES string of the molecule is Cc1cc(C(F)(F)F)nc(SCc2ccc(C(=O)NNC(=O)c3ccc(Br)cc3)o2)n1. The molecule has 31 heavy (non-hydrogen) atoms. The molecule has 2 aromatic heterocycles. The summed E-state index contributed by atoms with van der Waals surface area (Å²) in [6, 6.07) is 10.3. The molecule has 3 aromatic rings. The number of carbonyl (C=O) groups is 2. The number of carbonyl (C=O) groups excluding carboxylic acids is 2. The molecule has 12 heteroatoms. The van der Waals surface area contributed by atoms with E-state index in [2.05, 4.69) is 36.7 Å². The molecule has 0 spiro atoms. The van der Waals surface area contributed by atoms with Gasteiger partial charge in [0.2, 0.25) is 0 Å². The summed E-state index contributed by atoms with van der Waals surface area (Å²) in [5.41, 5.74) is 4.00. The largest absolute Gasteiger partial charge is 0.455 e. The van der Waals surface area contributed by atoms with Crippen molar-refractivity contribution in [1.82, 2.24) is 20.8 Å². The van der Waals surface area contributed by atoms with Crippen molar-refractivity contribution in [2.45, 2.75) is 24.0 Å². The third-order valence-corrected chi connectivity index (χ3v) is 5.15. The third-order valence-electron chi connectivity index (χ3n) is 3.75. The molecule has 0 unspecified atom stereocenters. The number of alkyl halides is 3. The zero-order chi connectivity index (χ0) is 22.6. The monoisotopic (exact) mass is 514 g/mol. The molecule has 2 amide bonds. The van der Waals surface area contributed by atoms with Crippen LogP contribution in [-0.4, -0.2) is 21.8 Å². The first-order valence-corrected chi connectivity index (χ1v) is 10.4. The first kappa shape index (κ1) is 22.8. The van der Waals surface area contributed by atoms with Crippen LogP contribution in [0.4, 0.5) is 13.2 Å². The van der Waals surface area contributed by atoms with Gasteiger partial charge in [-0.15, -0.1) is 0 Å². The second-order valence-electron chi connectivity index (χ2n) is 6.14. The van der Waals surface area contributed by atoms with Crippen molar-refractivity contribution in [3.63, 3.8) is 0 Å². The molecule has 2 N–H and O–H groups in total. The van der Waals surface area contributed by atoms with E-state index in [1.165, 1.54) is 19.1 Å². The second kappa shape index (κ2) is 9.52. The summed E-state index contributed by atoms with van der Waals surface area (Å²) in [6.45, 7) is 1.44. The van der Waals surface area contributed by atoms with E-state index in [9.17, 15) is 22.8 Å². The Morgan fingerprint density at radius 3 is 2.42 bits per heavy atom. The van der Waals surface area contributed by atoms with Crippen molar-refractivity contribution in [3.05, 3.63) is 75.4 Å². The van der Waals surface area contributed by atoms with Gasteiger partial charge in [-0.1, -0.05) is 27.7 Å². The number of amides is 2. The van der Waals surface area contributed by atoms with Crippen LogP contribution in [0.1, 0.15) is 38.1 Å². The Morgan fingerprint density at radius 1 is 1.06 bits per heavy atom. The number of aromatic nitrogens is 2. The summed E-state index contributed by atoms with van der Waals surface area (Å²) < 4.78 is 44.8. The van der Waals surface area contributed by atoms with E-state index >= 15 is 0 Å². The molecule has 0 aliphatic heterocycles. The number of hydrogen-bond acceptors (Lipinski definition) is 6. The Kier molecular flexibility index (Phi) is 7.01. The van der Waals surface area contributed by atoms with Crippen molar-refractivity contribution in [3.8, 4) is 0 Å². The van der Waals surface area contributed by atoms with E-state index in [0.29, 0.717) is 11.3 Å². The second-order valence-corrected chi connectivity index (χ2v) is 8.00. The fourth-order valence-corrected chi connectivity index (χ4v) is 3.38. The van der Waals surface area contributed by atoms with E-state index < -0.39 is 23.7 Å². The van der Waals surface area contributed by atoms with Gasteiger partial charge in [0.25, 0.3) is 5.91 Å². The standard InChI is InChI=1S/C19H14BrF3N4O3S/c1-10-8-15(19(21,22)23)25-18(24-10)31-9-13-6-7-14(30-13)17(29)27-26-16(28)11-2-4-12(20)5-3-11/h2-8H,9H2,1H3,(H,26,28)(H,27,29). The lowest BCUT2D eigenvalue weighted by Gasteiger charge is -2.08. The number of hydrazine groups is 1. The van der Waals surface area contributed by atoms with Gasteiger partial charge in [0.1, 0.15) is 11.5 Å². The lowest BCUT2D eigenvalue weighted by molar-refractivity contribution is -0.141. The molecule has 3 rings (SSSR count). The van der Waals surface area contributed by atoms with Crippen molar-refractivity contribution < 1.29 is 27.2 Å². The molecule has 1 aromatic carbocycles. The van der Waals surface area contributed by atoms with Gasteiger partial charge < -0.3 is 4.42 Å². The van der Waals surface area contributed by atoms with Crippen molar-refractivity contribution >= 4 is 39.5 Å². The maximum atomic E-state index is 12.9. The number of hydrogen-bond donors (Lipinski definition) is 2. The minimum atomic E-state index is -4.57. The highest BCUT2D eigenvalue weighted by Crippen LogP contribution is 2.30. The number of benzene rings is 1. The molecule has 0 bridgehead atoms. The predicted molar refractivity (Wildman–Crippen MR) is 109 cm³/mol. The minimum absolute atomic E-state index is 0.0588. The molecule has 162 valence electrons. The van der Waals surface area contributed by atoms with E-state index in [0.717, 1.165) is 22.3 Å². The first-order valence-electron chi connectivity index (χ1n) is 8.62. The molecular weight excluding hydrogens is 501 g/mol. The predicted octanol–water partition coefficient (Wildman–Crippen LogP) is 4.53. The summed E-state index contributed by atoms with van der Waals surface area (Å²) in [6.07, 6.45) is -4.57. The van der Waals surface area contributed by atoms with Crippen LogP contribution in [0.2, 0.25) is 0 Å². The van der Waals surface area contributed by atoms with Crippen LogP contribution < -0.4 is 10.9 Å². The molecule has 0 saturated carbocycles. The number of aryl methyl sites for hydroxylation is 1. The maximum Gasteiger partial charge on any atom is 0.433 e. The van der Waals surface area contributed by atoms with Crippen LogP contribution in [0.25, 0.3) is 0 Å². The summed E-state index contributed by atoms with van der Waals surface area (Å²) in [4.78, 5) is 31.6. The van der Waals surface area contributed by atoms with E-state index in [-0.39, 0.29) is 22.4 Å². The molecule has 7 nitrogen and oxygen atoms in total. The number of thioether (sulfide) groups is 1. The number of rotatable bonds is 5. The lowest BCUT2D eigenvalue weighted by atomic mass is 10.2. The minimum Gasteiger partial charge on any atom is -0.455 e. The van der Waals surface area contributed by atoms with Crippen molar-refractivity contribution in [1.29, 1.82) is 0 Å². The molecule has 0 aliphatic carbocycles. The summed E-state index contributed by atoms with van der Waals surface area (Å²) >= 11 is 4.20. The Labute approximate surface area is 186 Å². The van der Waals surface area contributed by atoms with Gasteiger partial charge in [-0.2, -0.15) is 13.2 Å².